The van der Waals surface area contributed by atoms with E-state index >= 15 is 0 Å². The summed E-state index contributed by atoms with van der Waals surface area (Å²) in [5.74, 6) is -1.53. The molecule has 0 aliphatic carbocycles. The van der Waals surface area contributed by atoms with Crippen LogP contribution in [-0.4, -0.2) is 23.6 Å². The highest BCUT2D eigenvalue weighted by Crippen LogP contribution is 1.99. The van der Waals surface area contributed by atoms with Gasteiger partial charge in [0.05, 0.1) is 0 Å². The molecule has 0 fully saturated rings. The Kier molecular flexibility index (Phi) is 9.56. The fourth-order valence-corrected chi connectivity index (χ4v) is 1.25. The number of rotatable bonds is 7. The van der Waals surface area contributed by atoms with Gasteiger partial charge in [-0.05, 0) is 12.8 Å². The third-order valence-corrected chi connectivity index (χ3v) is 2.76. The molecule has 0 heterocycles. The maximum absolute atomic E-state index is 11.4. The summed E-state index contributed by atoms with van der Waals surface area (Å²) in [6.45, 7) is 6.88. The largest absolute Gasteiger partial charge is 0.273 e. The minimum Gasteiger partial charge on any atom is -0.273 e. The molecule has 0 aliphatic rings. The van der Waals surface area contributed by atoms with E-state index in [2.05, 4.69) is 21.7 Å². The van der Waals surface area contributed by atoms with Gasteiger partial charge in [-0.25, -0.2) is 0 Å². The highest BCUT2D eigenvalue weighted by Gasteiger charge is 2.09. The van der Waals surface area contributed by atoms with Crippen LogP contribution in [0.25, 0.3) is 0 Å². The number of carbonyl (C=O) groups is 4. The van der Waals surface area contributed by atoms with Crippen molar-refractivity contribution >= 4 is 23.6 Å². The lowest BCUT2D eigenvalue weighted by Gasteiger charge is -2.10. The van der Waals surface area contributed by atoms with Crippen LogP contribution in [0.5, 0.6) is 0 Å². The molecule has 8 heteroatoms. The molecule has 0 bridgehead atoms. The van der Waals surface area contributed by atoms with Crippen LogP contribution in [0.2, 0.25) is 0 Å². The third-order valence-electron chi connectivity index (χ3n) is 2.76. The lowest BCUT2D eigenvalue weighted by atomic mass is 10.2. The van der Waals surface area contributed by atoms with Gasteiger partial charge >= 0.3 is 0 Å². The van der Waals surface area contributed by atoms with Crippen LogP contribution in [0, 0.1) is 11.8 Å². The quantitative estimate of drug-likeness (QED) is 0.395. The number of hydrogen-bond acceptors (Lipinski definition) is 4. The molecule has 0 saturated heterocycles. The van der Waals surface area contributed by atoms with E-state index < -0.39 is 0 Å². The standard InChI is InChI=1S/C14H26N4O4/c1-9(2)13(21)17-15-11(19)7-5-6-8-12(20)16-18-14(22)10(3)4/h9-10H,5-8H2,1-4H3,(H,15,19)(H,16,20)(H,17,21)(H,18,22). The van der Waals surface area contributed by atoms with Gasteiger partial charge in [0.25, 0.3) is 0 Å². The van der Waals surface area contributed by atoms with Crippen LogP contribution in [0.3, 0.4) is 0 Å². The van der Waals surface area contributed by atoms with Gasteiger partial charge in [0.1, 0.15) is 0 Å². The van der Waals surface area contributed by atoms with Gasteiger partial charge in [-0.3, -0.25) is 40.9 Å². The number of hydrogen-bond donors (Lipinski definition) is 4. The first-order chi connectivity index (χ1) is 10.2. The fraction of sp³-hybridized carbons (Fsp3) is 0.714. The van der Waals surface area contributed by atoms with E-state index in [0.717, 1.165) is 0 Å². The first kappa shape index (κ1) is 19.9. The van der Waals surface area contributed by atoms with Crippen molar-refractivity contribution in [1.29, 1.82) is 0 Å². The Morgan fingerprint density at radius 2 is 0.955 bits per heavy atom. The number of nitrogens with one attached hydrogen (secondary N) is 4. The van der Waals surface area contributed by atoms with Crippen LogP contribution in [-0.2, 0) is 19.2 Å². The van der Waals surface area contributed by atoms with Crippen LogP contribution in [0.4, 0.5) is 0 Å². The van der Waals surface area contributed by atoms with Crippen molar-refractivity contribution in [2.24, 2.45) is 11.8 Å². The van der Waals surface area contributed by atoms with Gasteiger partial charge < -0.3 is 0 Å². The van der Waals surface area contributed by atoms with Crippen LogP contribution < -0.4 is 21.7 Å². The SMILES string of the molecule is CC(C)C(=O)NNC(=O)CCCCC(=O)NNC(=O)C(C)C. The molecule has 0 aromatic rings. The number of carbonyl (C=O) groups excluding carboxylic acids is 4. The Hall–Kier alpha value is -2.12. The first-order valence-electron chi connectivity index (χ1n) is 7.41. The van der Waals surface area contributed by atoms with E-state index in [1.54, 1.807) is 27.7 Å². The maximum Gasteiger partial charge on any atom is 0.240 e. The highest BCUT2D eigenvalue weighted by atomic mass is 16.2. The Labute approximate surface area is 130 Å². The normalized spacial score (nSPS) is 10.3. The average molecular weight is 314 g/mol. The smallest absolute Gasteiger partial charge is 0.240 e. The Balaban J connectivity index is 3.67. The zero-order chi connectivity index (χ0) is 17.1. The zero-order valence-electron chi connectivity index (χ0n) is 13.6. The van der Waals surface area contributed by atoms with E-state index in [-0.39, 0.29) is 48.3 Å². The van der Waals surface area contributed by atoms with Crippen LogP contribution in [0.15, 0.2) is 0 Å². The van der Waals surface area contributed by atoms with Gasteiger partial charge in [-0.1, -0.05) is 27.7 Å². The fourth-order valence-electron chi connectivity index (χ4n) is 1.25. The average Bonchev–Trinajstić information content (AvgIpc) is 2.46. The van der Waals surface area contributed by atoms with E-state index in [9.17, 15) is 19.2 Å². The molecule has 4 N–H and O–H groups in total. The minimum atomic E-state index is -0.303. The topological polar surface area (TPSA) is 116 Å². The van der Waals surface area contributed by atoms with E-state index in [4.69, 9.17) is 0 Å². The third kappa shape index (κ3) is 9.73. The number of amides is 4. The number of hydrazine groups is 2. The van der Waals surface area contributed by atoms with Crippen LogP contribution >= 0.6 is 0 Å². The van der Waals surface area contributed by atoms with Gasteiger partial charge in [0.2, 0.25) is 23.6 Å². The molecule has 0 aromatic carbocycles. The molecule has 0 spiro atoms. The van der Waals surface area contributed by atoms with Gasteiger partial charge in [0.15, 0.2) is 0 Å². The van der Waals surface area contributed by atoms with Gasteiger partial charge in [-0.2, -0.15) is 0 Å². The van der Waals surface area contributed by atoms with Crippen molar-refractivity contribution in [3.8, 4) is 0 Å². The molecule has 0 aromatic heterocycles. The molecule has 126 valence electrons. The summed E-state index contributed by atoms with van der Waals surface area (Å²) in [6, 6.07) is 0. The summed E-state index contributed by atoms with van der Waals surface area (Å²) < 4.78 is 0. The van der Waals surface area contributed by atoms with Crippen molar-refractivity contribution in [2.75, 3.05) is 0 Å². The van der Waals surface area contributed by atoms with E-state index in [1.807, 2.05) is 0 Å². The summed E-state index contributed by atoms with van der Waals surface area (Å²) in [6.07, 6.45) is 1.44. The van der Waals surface area contributed by atoms with Crippen molar-refractivity contribution in [3.05, 3.63) is 0 Å². The zero-order valence-corrected chi connectivity index (χ0v) is 13.6. The maximum atomic E-state index is 11.4. The first-order valence-corrected chi connectivity index (χ1v) is 7.41. The number of unbranched alkanes of at least 4 members (excludes halogenated alkanes) is 1. The second-order valence-corrected chi connectivity index (χ2v) is 5.59. The summed E-state index contributed by atoms with van der Waals surface area (Å²) >= 11 is 0. The molecule has 0 aliphatic heterocycles. The molecule has 8 nitrogen and oxygen atoms in total. The van der Waals surface area contributed by atoms with E-state index in [1.165, 1.54) is 0 Å². The minimum absolute atomic E-state index is 0.204. The predicted molar refractivity (Wildman–Crippen MR) is 80.7 cm³/mol. The molecule has 4 amide bonds. The Morgan fingerprint density at radius 1 is 0.636 bits per heavy atom. The molecule has 0 rings (SSSR count). The molecule has 0 atom stereocenters. The molecule has 0 unspecified atom stereocenters. The van der Waals surface area contributed by atoms with Gasteiger partial charge in [-0.15, -0.1) is 0 Å². The lowest BCUT2D eigenvalue weighted by Crippen LogP contribution is -2.43. The predicted octanol–water partition coefficient (Wildman–Crippen LogP) is 0.154. The summed E-state index contributed by atoms with van der Waals surface area (Å²) in [5.41, 5.74) is 9.24. The van der Waals surface area contributed by atoms with Crippen LogP contribution in [0.1, 0.15) is 53.4 Å². The van der Waals surface area contributed by atoms with Crippen molar-refractivity contribution in [3.63, 3.8) is 0 Å². The summed E-state index contributed by atoms with van der Waals surface area (Å²) in [4.78, 5) is 45.3. The van der Waals surface area contributed by atoms with Crippen molar-refractivity contribution in [2.45, 2.75) is 53.4 Å². The summed E-state index contributed by atoms with van der Waals surface area (Å²) in [7, 11) is 0. The Morgan fingerprint density at radius 3 is 1.23 bits per heavy atom. The summed E-state index contributed by atoms with van der Waals surface area (Å²) in [5, 5.41) is 0. The Bertz CT molecular complexity index is 370. The van der Waals surface area contributed by atoms with Crippen molar-refractivity contribution in [1.82, 2.24) is 21.7 Å². The molecular weight excluding hydrogens is 288 g/mol. The highest BCUT2D eigenvalue weighted by molar-refractivity contribution is 5.83. The molecule has 0 saturated carbocycles. The molecule has 0 radical (unpaired) electrons. The second-order valence-electron chi connectivity index (χ2n) is 5.59. The second kappa shape index (κ2) is 10.6. The monoisotopic (exact) mass is 314 g/mol. The molecular formula is C14H26N4O4. The van der Waals surface area contributed by atoms with Gasteiger partial charge in [0, 0.05) is 24.7 Å². The van der Waals surface area contributed by atoms with Crippen molar-refractivity contribution < 1.29 is 19.2 Å². The molecule has 22 heavy (non-hydrogen) atoms. The van der Waals surface area contributed by atoms with E-state index in [0.29, 0.717) is 12.8 Å². The lowest BCUT2D eigenvalue weighted by molar-refractivity contribution is -0.131.